The average Bonchev–Trinajstić information content (AvgIpc) is 3.61. The van der Waals surface area contributed by atoms with Crippen molar-refractivity contribution >= 4 is 47.4 Å². The maximum absolute atomic E-state index is 13.8. The maximum atomic E-state index is 13.8. The predicted octanol–water partition coefficient (Wildman–Crippen LogP) is 2.18. The van der Waals surface area contributed by atoms with E-state index in [-0.39, 0.29) is 64.0 Å². The van der Waals surface area contributed by atoms with Crippen molar-refractivity contribution in [2.75, 3.05) is 13.1 Å². The van der Waals surface area contributed by atoms with Crippen LogP contribution in [-0.4, -0.2) is 99.8 Å². The predicted molar refractivity (Wildman–Crippen MR) is 204 cm³/mol. The van der Waals surface area contributed by atoms with E-state index in [0.29, 0.717) is 12.8 Å². The molecule has 0 saturated carbocycles. The highest BCUT2D eigenvalue weighted by Gasteiger charge is 2.39. The number of carboxylic acids is 2. The zero-order chi connectivity index (χ0) is 40.3. The van der Waals surface area contributed by atoms with Crippen LogP contribution in [0.4, 0.5) is 0 Å². The molecule has 0 bridgehead atoms. The van der Waals surface area contributed by atoms with Gasteiger partial charge in [0, 0.05) is 32.4 Å². The van der Waals surface area contributed by atoms with E-state index in [2.05, 4.69) is 27.9 Å². The Morgan fingerprint density at radius 2 is 1.26 bits per heavy atom. The molecule has 17 heteroatoms. The molecule has 0 aromatic carbocycles. The van der Waals surface area contributed by atoms with Crippen LogP contribution < -0.4 is 33.2 Å². The lowest BCUT2D eigenvalue weighted by Crippen LogP contribution is -2.57. The van der Waals surface area contributed by atoms with Gasteiger partial charge < -0.3 is 48.3 Å². The Bertz CT molecular complexity index is 1230. The molecule has 5 amide bonds. The molecule has 308 valence electrons. The van der Waals surface area contributed by atoms with E-state index in [1.807, 2.05) is 0 Å². The summed E-state index contributed by atoms with van der Waals surface area (Å²) in [4.78, 5) is 93.3. The summed E-state index contributed by atoms with van der Waals surface area (Å²) in [6.07, 6.45) is 14.8. The Morgan fingerprint density at radius 3 is 1.80 bits per heavy atom. The number of carbonyl (C=O) groups is 7. The zero-order valence-corrected chi connectivity index (χ0v) is 32.2. The van der Waals surface area contributed by atoms with Gasteiger partial charge in [0.1, 0.15) is 24.2 Å². The first-order valence-corrected chi connectivity index (χ1v) is 19.8. The third-order valence-electron chi connectivity index (χ3n) is 9.50. The molecule has 0 spiro atoms. The number of unbranched alkanes of at least 4 members (excludes halogenated alkanes) is 12. The normalized spacial score (nSPS) is 15.4. The number of hydrogen-bond acceptors (Lipinski definition) is 8. The number of likely N-dealkylation sites (tertiary alicyclic amines) is 1. The van der Waals surface area contributed by atoms with Crippen molar-refractivity contribution in [2.24, 2.45) is 22.2 Å². The number of carboxylic acid groups (broad SMARTS) is 2. The van der Waals surface area contributed by atoms with Crippen molar-refractivity contribution in [3.8, 4) is 0 Å². The quantitative estimate of drug-likeness (QED) is 0.0287. The van der Waals surface area contributed by atoms with Crippen LogP contribution in [0.15, 0.2) is 4.99 Å². The monoisotopic (exact) mass is 766 g/mol. The summed E-state index contributed by atoms with van der Waals surface area (Å²) < 4.78 is 0. The Hall–Kier alpha value is -4.44. The number of guanidine groups is 1. The number of rotatable bonds is 31. The minimum absolute atomic E-state index is 0.0264. The van der Waals surface area contributed by atoms with Crippen LogP contribution in [0, 0.1) is 0 Å². The average molecular weight is 767 g/mol. The van der Waals surface area contributed by atoms with E-state index in [1.165, 1.54) is 56.3 Å². The van der Waals surface area contributed by atoms with Crippen LogP contribution >= 0.6 is 0 Å². The minimum Gasteiger partial charge on any atom is -0.481 e. The second-order valence-corrected chi connectivity index (χ2v) is 14.1. The van der Waals surface area contributed by atoms with Gasteiger partial charge in [0.2, 0.25) is 29.5 Å². The third kappa shape index (κ3) is 21.3. The third-order valence-corrected chi connectivity index (χ3v) is 9.50. The van der Waals surface area contributed by atoms with Crippen LogP contribution in [-0.2, 0) is 33.6 Å². The molecule has 17 nitrogen and oxygen atoms in total. The number of nitrogens with two attached hydrogens (primary N) is 3. The van der Waals surface area contributed by atoms with Crippen molar-refractivity contribution in [3.63, 3.8) is 0 Å². The molecule has 1 saturated heterocycles. The number of primary amides is 1. The number of carbonyl (C=O) groups excluding carboxylic acids is 5. The highest BCUT2D eigenvalue weighted by molar-refractivity contribution is 5.95. The molecule has 0 aliphatic carbocycles. The van der Waals surface area contributed by atoms with Crippen molar-refractivity contribution in [2.45, 2.75) is 172 Å². The van der Waals surface area contributed by atoms with E-state index in [0.717, 1.165) is 25.7 Å². The first kappa shape index (κ1) is 47.6. The van der Waals surface area contributed by atoms with E-state index in [4.69, 9.17) is 17.2 Å². The van der Waals surface area contributed by atoms with Gasteiger partial charge in [-0.1, -0.05) is 84.0 Å². The number of aliphatic carboxylic acids is 2. The van der Waals surface area contributed by atoms with Crippen molar-refractivity contribution in [1.29, 1.82) is 0 Å². The number of nitrogens with zero attached hydrogens (tertiary/aromatic N) is 2. The Labute approximate surface area is 319 Å². The number of nitrogens with one attached hydrogen (secondary N) is 3. The summed E-state index contributed by atoms with van der Waals surface area (Å²) in [6, 6.07) is -4.92. The molecule has 0 aromatic heterocycles. The fraction of sp³-hybridized carbons (Fsp3) is 0.784. The topological polar surface area (TPSA) is 290 Å². The van der Waals surface area contributed by atoms with Gasteiger partial charge >= 0.3 is 11.9 Å². The lowest BCUT2D eigenvalue weighted by atomic mass is 10.0. The van der Waals surface area contributed by atoms with Gasteiger partial charge in [-0.2, -0.15) is 0 Å². The number of hydrogen-bond donors (Lipinski definition) is 8. The van der Waals surface area contributed by atoms with Crippen molar-refractivity contribution in [1.82, 2.24) is 20.9 Å². The lowest BCUT2D eigenvalue weighted by Gasteiger charge is -2.30. The van der Waals surface area contributed by atoms with Crippen LogP contribution in [0.5, 0.6) is 0 Å². The van der Waals surface area contributed by atoms with Gasteiger partial charge in [-0.25, -0.2) is 4.79 Å². The summed E-state index contributed by atoms with van der Waals surface area (Å²) in [6.45, 7) is 2.50. The maximum Gasteiger partial charge on any atom is 0.326 e. The minimum atomic E-state index is -1.33. The van der Waals surface area contributed by atoms with E-state index < -0.39 is 72.1 Å². The summed E-state index contributed by atoms with van der Waals surface area (Å²) in [5.41, 5.74) is 15.9. The van der Waals surface area contributed by atoms with Gasteiger partial charge in [0.25, 0.3) is 0 Å². The molecular formula is C37H66N8O9. The molecule has 11 N–H and O–H groups in total. The van der Waals surface area contributed by atoms with Gasteiger partial charge in [0.15, 0.2) is 5.96 Å². The zero-order valence-electron chi connectivity index (χ0n) is 32.2. The first-order valence-electron chi connectivity index (χ1n) is 19.8. The molecule has 1 aliphatic heterocycles. The smallest absolute Gasteiger partial charge is 0.326 e. The van der Waals surface area contributed by atoms with Gasteiger partial charge in [-0.05, 0) is 44.9 Å². The molecule has 4 atom stereocenters. The van der Waals surface area contributed by atoms with Crippen LogP contribution in [0.1, 0.15) is 148 Å². The molecule has 54 heavy (non-hydrogen) atoms. The van der Waals surface area contributed by atoms with Gasteiger partial charge in [-0.3, -0.25) is 33.8 Å². The second-order valence-electron chi connectivity index (χ2n) is 14.1. The summed E-state index contributed by atoms with van der Waals surface area (Å²) in [5.74, 6) is -5.98. The summed E-state index contributed by atoms with van der Waals surface area (Å²) >= 11 is 0. The summed E-state index contributed by atoms with van der Waals surface area (Å²) in [5, 5.41) is 26.6. The molecule has 1 fully saturated rings. The number of aliphatic imine (C=N–C) groups is 1. The molecule has 0 aromatic rings. The highest BCUT2D eigenvalue weighted by atomic mass is 16.4. The molecule has 0 unspecified atom stereocenters. The molecular weight excluding hydrogens is 700 g/mol. The summed E-state index contributed by atoms with van der Waals surface area (Å²) in [7, 11) is 0. The SMILES string of the molecule is CCCCCCCCCCCCCCCC(=O)N[C@@H](CCC(=O)O)C(=O)N[C@@H](CCC(N)=O)C(=O)N1CCC[C@H]1C(=O)N[C@@H](CCCN=C(N)N)C(=O)O. The van der Waals surface area contributed by atoms with Crippen LogP contribution in [0.3, 0.4) is 0 Å². The lowest BCUT2D eigenvalue weighted by molar-refractivity contribution is -0.145. The Balaban J connectivity index is 2.80. The van der Waals surface area contributed by atoms with Gasteiger partial charge in [-0.15, -0.1) is 0 Å². The largest absolute Gasteiger partial charge is 0.481 e. The standard InChI is InChI=1S/C37H66N8O9/c1-2-3-4-5-6-7-8-9-10-11-12-13-14-19-31(47)42-26(21-23-32(48)49)33(50)43-27(20-22-30(38)46)35(52)45-25-16-18-29(45)34(51)44-28(36(53)54)17-15-24-41-37(39)40/h26-29H,2-25H2,1H3,(H2,38,46)(H,42,47)(H,43,50)(H,44,51)(H,48,49)(H,53,54)(H4,39,40,41)/t26-,27-,28-,29-/m0/s1. The van der Waals surface area contributed by atoms with Gasteiger partial charge in [0.05, 0.1) is 0 Å². The van der Waals surface area contributed by atoms with E-state index in [1.54, 1.807) is 0 Å². The molecule has 1 aliphatic rings. The molecule has 1 rings (SSSR count). The fourth-order valence-corrected chi connectivity index (χ4v) is 6.45. The van der Waals surface area contributed by atoms with E-state index >= 15 is 0 Å². The van der Waals surface area contributed by atoms with Crippen LogP contribution in [0.25, 0.3) is 0 Å². The highest BCUT2D eigenvalue weighted by Crippen LogP contribution is 2.21. The Kier molecular flexibility index (Phi) is 24.7. The number of amides is 5. The molecule has 0 radical (unpaired) electrons. The second kappa shape index (κ2) is 28.1. The molecule has 1 heterocycles. The van der Waals surface area contributed by atoms with E-state index in [9.17, 15) is 43.8 Å². The first-order chi connectivity index (χ1) is 25.8. The Morgan fingerprint density at radius 1 is 0.685 bits per heavy atom. The van der Waals surface area contributed by atoms with Crippen molar-refractivity contribution in [3.05, 3.63) is 0 Å². The van der Waals surface area contributed by atoms with Crippen LogP contribution in [0.2, 0.25) is 0 Å². The fourth-order valence-electron chi connectivity index (χ4n) is 6.45. The van der Waals surface area contributed by atoms with Crippen molar-refractivity contribution < 1.29 is 43.8 Å².